The molecule has 0 bridgehead atoms. The number of rotatable bonds is 49. The molecule has 0 heterocycles. The van der Waals surface area contributed by atoms with Crippen LogP contribution in [0.15, 0.2) is 12.2 Å². The van der Waals surface area contributed by atoms with Crippen LogP contribution in [0.1, 0.15) is 297 Å². The largest absolute Gasteiger partial charge is 0.462 e. The van der Waals surface area contributed by atoms with Gasteiger partial charge in [-0.3, -0.25) is 9.59 Å². The predicted octanol–water partition coefficient (Wildman–Crippen LogP) is 16.1. The fourth-order valence-electron chi connectivity index (χ4n) is 8.49. The molecule has 3 N–H and O–H groups in total. The highest BCUT2D eigenvalue weighted by Gasteiger charge is 2.24. The van der Waals surface area contributed by atoms with E-state index in [0.717, 1.165) is 51.4 Å². The SMILES string of the molecule is CCCCCCCCC/C=C\CCCCCC(=O)OC(CCCCCCCCCCCCCCCCCCC)CC(=O)NC(CO)C(O)CCCCCCCCCCCC. The predicted molar refractivity (Wildman–Crippen MR) is 260 cm³/mol. The Kier molecular flexibility index (Phi) is 47.5. The number of hydrogen-bond acceptors (Lipinski definition) is 5. The monoisotopic (exact) mass is 848 g/mol. The minimum Gasteiger partial charge on any atom is -0.462 e. The minimum atomic E-state index is -0.783. The van der Waals surface area contributed by atoms with E-state index in [9.17, 15) is 19.8 Å². The smallest absolute Gasteiger partial charge is 0.306 e. The third-order valence-corrected chi connectivity index (χ3v) is 12.6. The van der Waals surface area contributed by atoms with Crippen molar-refractivity contribution < 1.29 is 24.5 Å². The Morgan fingerprint density at radius 3 is 1.18 bits per heavy atom. The van der Waals surface area contributed by atoms with E-state index in [4.69, 9.17) is 4.74 Å². The molecule has 3 unspecified atom stereocenters. The molecule has 0 saturated heterocycles. The van der Waals surface area contributed by atoms with Crippen LogP contribution in [0.25, 0.3) is 0 Å². The minimum absolute atomic E-state index is 0.0790. The summed E-state index contributed by atoms with van der Waals surface area (Å²) in [4.78, 5) is 26.1. The molecular weight excluding hydrogens is 743 g/mol. The van der Waals surface area contributed by atoms with Crippen LogP contribution in [0, 0.1) is 0 Å². The van der Waals surface area contributed by atoms with Crippen LogP contribution in [-0.4, -0.2) is 46.9 Å². The molecule has 0 aliphatic rings. The number of ether oxygens (including phenoxy) is 1. The fourth-order valence-corrected chi connectivity index (χ4v) is 8.49. The molecule has 0 aromatic rings. The summed E-state index contributed by atoms with van der Waals surface area (Å²) in [7, 11) is 0. The van der Waals surface area contributed by atoms with Crippen molar-refractivity contribution in [2.24, 2.45) is 0 Å². The molecule has 60 heavy (non-hydrogen) atoms. The van der Waals surface area contributed by atoms with Crippen molar-refractivity contribution >= 4 is 11.9 Å². The summed E-state index contributed by atoms with van der Waals surface area (Å²) in [5, 5.41) is 23.7. The lowest BCUT2D eigenvalue weighted by molar-refractivity contribution is -0.151. The molecule has 0 aromatic heterocycles. The number of carbonyl (C=O) groups is 2. The lowest BCUT2D eigenvalue weighted by Gasteiger charge is -2.24. The van der Waals surface area contributed by atoms with E-state index in [1.165, 1.54) is 199 Å². The second-order valence-electron chi connectivity index (χ2n) is 18.6. The average molecular weight is 848 g/mol. The first-order valence-corrected chi connectivity index (χ1v) is 26.9. The molecule has 0 rings (SSSR count). The Morgan fingerprint density at radius 1 is 0.467 bits per heavy atom. The molecule has 0 aliphatic heterocycles. The summed E-state index contributed by atoms with van der Waals surface area (Å²) in [6.45, 7) is 6.49. The van der Waals surface area contributed by atoms with Crippen molar-refractivity contribution in [1.29, 1.82) is 0 Å². The van der Waals surface area contributed by atoms with Crippen LogP contribution < -0.4 is 5.32 Å². The van der Waals surface area contributed by atoms with Gasteiger partial charge < -0.3 is 20.3 Å². The number of hydrogen-bond donors (Lipinski definition) is 3. The van der Waals surface area contributed by atoms with Crippen molar-refractivity contribution in [3.63, 3.8) is 0 Å². The molecule has 6 heteroatoms. The maximum atomic E-state index is 13.2. The van der Waals surface area contributed by atoms with Crippen LogP contribution in [0.3, 0.4) is 0 Å². The molecular formula is C54H105NO5. The quantitative estimate of drug-likeness (QED) is 0.0322. The highest BCUT2D eigenvalue weighted by molar-refractivity contribution is 5.77. The van der Waals surface area contributed by atoms with E-state index in [1.54, 1.807) is 0 Å². The van der Waals surface area contributed by atoms with Gasteiger partial charge in [0.15, 0.2) is 0 Å². The number of carbonyl (C=O) groups excluding carboxylic acids is 2. The van der Waals surface area contributed by atoms with Gasteiger partial charge in [-0.25, -0.2) is 0 Å². The second-order valence-corrected chi connectivity index (χ2v) is 18.6. The molecule has 0 aromatic carbocycles. The molecule has 6 nitrogen and oxygen atoms in total. The zero-order valence-corrected chi connectivity index (χ0v) is 40.6. The summed E-state index contributed by atoms with van der Waals surface area (Å²) in [6.07, 6.45) is 54.2. The van der Waals surface area contributed by atoms with Gasteiger partial charge in [-0.05, 0) is 51.4 Å². The van der Waals surface area contributed by atoms with Crippen LogP contribution in [0.5, 0.6) is 0 Å². The molecule has 1 amide bonds. The zero-order valence-electron chi connectivity index (χ0n) is 40.6. The molecule has 0 fully saturated rings. The highest BCUT2D eigenvalue weighted by atomic mass is 16.5. The summed E-state index contributed by atoms with van der Waals surface area (Å²) in [5.41, 5.74) is 0. The lowest BCUT2D eigenvalue weighted by Crippen LogP contribution is -2.46. The van der Waals surface area contributed by atoms with Gasteiger partial charge in [-0.1, -0.05) is 245 Å². The van der Waals surface area contributed by atoms with E-state index in [-0.39, 0.29) is 24.9 Å². The average Bonchev–Trinajstić information content (AvgIpc) is 3.24. The number of amides is 1. The third-order valence-electron chi connectivity index (χ3n) is 12.6. The maximum Gasteiger partial charge on any atom is 0.306 e. The molecule has 356 valence electrons. The van der Waals surface area contributed by atoms with Gasteiger partial charge in [0.05, 0.1) is 25.2 Å². The summed E-state index contributed by atoms with van der Waals surface area (Å²) < 4.78 is 5.94. The van der Waals surface area contributed by atoms with Crippen LogP contribution in [-0.2, 0) is 14.3 Å². The first-order valence-electron chi connectivity index (χ1n) is 26.9. The van der Waals surface area contributed by atoms with Crippen molar-refractivity contribution in [3.05, 3.63) is 12.2 Å². The topological polar surface area (TPSA) is 95.9 Å². The van der Waals surface area contributed by atoms with E-state index in [2.05, 4.69) is 38.2 Å². The van der Waals surface area contributed by atoms with Crippen molar-refractivity contribution in [2.45, 2.75) is 315 Å². The Morgan fingerprint density at radius 2 is 0.800 bits per heavy atom. The summed E-state index contributed by atoms with van der Waals surface area (Å²) in [5.74, 6) is -0.474. The number of esters is 1. The lowest BCUT2D eigenvalue weighted by atomic mass is 10.0. The van der Waals surface area contributed by atoms with Gasteiger partial charge in [-0.15, -0.1) is 0 Å². The van der Waals surface area contributed by atoms with Crippen LogP contribution in [0.4, 0.5) is 0 Å². The summed E-state index contributed by atoms with van der Waals surface area (Å²) in [6, 6.07) is -0.697. The Bertz CT molecular complexity index is 909. The van der Waals surface area contributed by atoms with Crippen molar-refractivity contribution in [1.82, 2.24) is 5.32 Å². The van der Waals surface area contributed by atoms with Gasteiger partial charge in [0.2, 0.25) is 5.91 Å². The highest BCUT2D eigenvalue weighted by Crippen LogP contribution is 2.18. The number of unbranched alkanes of at least 4 members (excludes halogenated alkanes) is 35. The van der Waals surface area contributed by atoms with E-state index < -0.39 is 18.2 Å². The summed E-state index contributed by atoms with van der Waals surface area (Å²) >= 11 is 0. The number of aliphatic hydroxyl groups is 2. The molecule has 3 atom stereocenters. The zero-order chi connectivity index (χ0) is 43.8. The molecule has 0 radical (unpaired) electrons. The number of allylic oxidation sites excluding steroid dienone is 2. The van der Waals surface area contributed by atoms with E-state index in [1.807, 2.05) is 0 Å². The number of aliphatic hydroxyl groups excluding tert-OH is 2. The van der Waals surface area contributed by atoms with Gasteiger partial charge in [0, 0.05) is 6.42 Å². The van der Waals surface area contributed by atoms with Gasteiger partial charge in [0.1, 0.15) is 6.10 Å². The van der Waals surface area contributed by atoms with E-state index >= 15 is 0 Å². The third kappa shape index (κ3) is 43.3. The van der Waals surface area contributed by atoms with Crippen molar-refractivity contribution in [2.75, 3.05) is 6.61 Å². The first kappa shape index (κ1) is 58.6. The van der Waals surface area contributed by atoms with Crippen LogP contribution >= 0.6 is 0 Å². The molecule has 0 spiro atoms. The van der Waals surface area contributed by atoms with Gasteiger partial charge in [-0.2, -0.15) is 0 Å². The first-order chi connectivity index (χ1) is 29.5. The number of nitrogens with one attached hydrogen (secondary N) is 1. The normalized spacial score (nSPS) is 13.2. The Hall–Kier alpha value is -1.40. The fraction of sp³-hybridized carbons (Fsp3) is 0.926. The Balaban J connectivity index is 4.54. The maximum absolute atomic E-state index is 13.2. The second kappa shape index (κ2) is 48.6. The Labute approximate surface area is 374 Å². The molecule has 0 aliphatic carbocycles. The van der Waals surface area contributed by atoms with Gasteiger partial charge >= 0.3 is 5.97 Å². The van der Waals surface area contributed by atoms with Crippen molar-refractivity contribution in [3.8, 4) is 0 Å². The van der Waals surface area contributed by atoms with Gasteiger partial charge in [0.25, 0.3) is 0 Å². The van der Waals surface area contributed by atoms with E-state index in [0.29, 0.717) is 19.3 Å². The van der Waals surface area contributed by atoms with Crippen LogP contribution in [0.2, 0.25) is 0 Å². The standard InChI is InChI=1S/C54H105NO5/c1-4-7-10-13-16-19-22-24-26-27-28-29-31-33-36-39-42-45-50(60-54(59)47-44-41-38-35-32-30-25-23-20-17-14-11-8-5-2)48-53(58)55-51(49-56)52(57)46-43-40-37-34-21-18-15-12-9-6-3/h30,32,50-52,56-57H,4-29,31,33-49H2,1-3H3,(H,55,58)/b32-30-. The molecule has 0 saturated carbocycles.